The van der Waals surface area contributed by atoms with E-state index < -0.39 is 0 Å². The van der Waals surface area contributed by atoms with Gasteiger partial charge < -0.3 is 20.3 Å². The van der Waals surface area contributed by atoms with Gasteiger partial charge in [-0.25, -0.2) is 4.98 Å². The molecule has 0 spiro atoms. The Kier molecular flexibility index (Phi) is 7.63. The van der Waals surface area contributed by atoms with Gasteiger partial charge in [0.05, 0.1) is 18.7 Å². The third kappa shape index (κ3) is 6.16. The summed E-state index contributed by atoms with van der Waals surface area (Å²) in [6, 6.07) is 7.82. The minimum absolute atomic E-state index is 0.0833. The van der Waals surface area contributed by atoms with Gasteiger partial charge in [0.25, 0.3) is 0 Å². The van der Waals surface area contributed by atoms with Crippen molar-refractivity contribution in [2.24, 2.45) is 5.92 Å². The van der Waals surface area contributed by atoms with Crippen molar-refractivity contribution in [1.29, 1.82) is 0 Å². The van der Waals surface area contributed by atoms with Gasteiger partial charge in [-0.2, -0.15) is 0 Å². The van der Waals surface area contributed by atoms with Crippen LogP contribution in [0.25, 0.3) is 10.9 Å². The van der Waals surface area contributed by atoms with Crippen LogP contribution in [0.15, 0.2) is 24.3 Å². The molecular weight excluding hydrogens is 380 g/mol. The van der Waals surface area contributed by atoms with Crippen LogP contribution < -0.4 is 15.5 Å². The van der Waals surface area contributed by atoms with E-state index in [0.29, 0.717) is 12.5 Å². The molecule has 1 aromatic heterocycles. The van der Waals surface area contributed by atoms with E-state index in [2.05, 4.69) is 42.4 Å². The van der Waals surface area contributed by atoms with Crippen molar-refractivity contribution in [3.05, 3.63) is 29.8 Å². The lowest BCUT2D eigenvalue weighted by Gasteiger charge is -2.28. The normalized spacial score (nSPS) is 14.2. The van der Waals surface area contributed by atoms with E-state index in [1.165, 1.54) is 0 Å². The molecule has 1 aliphatic rings. The minimum atomic E-state index is -0.163. The molecule has 0 bridgehead atoms. The Morgan fingerprint density at radius 2 is 1.87 bits per heavy atom. The molecule has 0 aliphatic carbocycles. The molecule has 30 heavy (non-hydrogen) atoms. The Balaban J connectivity index is 1.58. The van der Waals surface area contributed by atoms with E-state index in [4.69, 9.17) is 9.72 Å². The molecule has 3 rings (SSSR count). The summed E-state index contributed by atoms with van der Waals surface area (Å²) in [4.78, 5) is 31.1. The molecule has 0 atom stereocenters. The molecule has 2 aromatic rings. The summed E-state index contributed by atoms with van der Waals surface area (Å²) in [5, 5.41) is 6.76. The molecule has 7 nitrogen and oxygen atoms in total. The zero-order valence-corrected chi connectivity index (χ0v) is 18.2. The van der Waals surface area contributed by atoms with Crippen molar-refractivity contribution >= 4 is 34.2 Å². The maximum atomic E-state index is 12.3. The number of morpholine rings is 1. The highest BCUT2D eigenvalue weighted by Crippen LogP contribution is 2.26. The second-order valence-corrected chi connectivity index (χ2v) is 8.21. The second kappa shape index (κ2) is 10.4. The number of aromatic nitrogens is 1. The predicted octanol–water partition coefficient (Wildman–Crippen LogP) is 3.26. The standard InChI is InChI=1S/C23H32N4O3/c1-16(2)8-9-24-22(28)6-7-23(29)25-18-4-5-20-19(15-18)17(3)14-21(26-20)27-10-12-30-13-11-27/h4-5,14-16H,6-13H2,1-3H3,(H,24,28)(H,25,29). The van der Waals surface area contributed by atoms with E-state index in [9.17, 15) is 9.59 Å². The smallest absolute Gasteiger partial charge is 0.224 e. The van der Waals surface area contributed by atoms with Crippen molar-refractivity contribution in [2.45, 2.75) is 40.0 Å². The molecule has 1 saturated heterocycles. The molecular formula is C23H32N4O3. The minimum Gasteiger partial charge on any atom is -0.378 e. The van der Waals surface area contributed by atoms with Crippen LogP contribution in [0.1, 0.15) is 38.7 Å². The first-order valence-corrected chi connectivity index (χ1v) is 10.7. The summed E-state index contributed by atoms with van der Waals surface area (Å²) in [7, 11) is 0. The van der Waals surface area contributed by atoms with E-state index in [1.807, 2.05) is 18.2 Å². The number of amides is 2. The molecule has 2 amide bonds. The highest BCUT2D eigenvalue weighted by atomic mass is 16.5. The monoisotopic (exact) mass is 412 g/mol. The largest absolute Gasteiger partial charge is 0.378 e. The number of aryl methyl sites for hydroxylation is 1. The number of anilines is 2. The summed E-state index contributed by atoms with van der Waals surface area (Å²) in [6.45, 7) is 10.1. The molecule has 0 unspecified atom stereocenters. The van der Waals surface area contributed by atoms with Crippen LogP contribution in [-0.4, -0.2) is 49.6 Å². The van der Waals surface area contributed by atoms with Crippen LogP contribution in [-0.2, 0) is 14.3 Å². The third-order valence-electron chi connectivity index (χ3n) is 5.24. The van der Waals surface area contributed by atoms with Gasteiger partial charge in [-0.05, 0) is 49.1 Å². The Morgan fingerprint density at radius 3 is 2.60 bits per heavy atom. The van der Waals surface area contributed by atoms with Crippen LogP contribution >= 0.6 is 0 Å². The quantitative estimate of drug-likeness (QED) is 0.695. The first-order valence-electron chi connectivity index (χ1n) is 10.7. The number of carbonyl (C=O) groups excluding carboxylic acids is 2. The number of nitrogens with one attached hydrogen (secondary N) is 2. The van der Waals surface area contributed by atoms with Gasteiger partial charge in [0.15, 0.2) is 0 Å². The second-order valence-electron chi connectivity index (χ2n) is 8.21. The summed E-state index contributed by atoms with van der Waals surface area (Å²) in [5.74, 6) is 1.26. The van der Waals surface area contributed by atoms with Crippen molar-refractivity contribution in [2.75, 3.05) is 43.1 Å². The summed E-state index contributed by atoms with van der Waals surface area (Å²) in [5.41, 5.74) is 2.73. The Morgan fingerprint density at radius 1 is 1.13 bits per heavy atom. The van der Waals surface area contributed by atoms with Crippen LogP contribution in [0, 0.1) is 12.8 Å². The molecule has 162 valence electrons. The van der Waals surface area contributed by atoms with E-state index in [-0.39, 0.29) is 24.7 Å². The fraction of sp³-hybridized carbons (Fsp3) is 0.522. The maximum Gasteiger partial charge on any atom is 0.224 e. The van der Waals surface area contributed by atoms with Gasteiger partial charge in [0, 0.05) is 43.5 Å². The van der Waals surface area contributed by atoms with Gasteiger partial charge in [0.1, 0.15) is 5.82 Å². The number of hydrogen-bond donors (Lipinski definition) is 2. The highest BCUT2D eigenvalue weighted by molar-refractivity contribution is 5.96. The summed E-state index contributed by atoms with van der Waals surface area (Å²) < 4.78 is 5.42. The van der Waals surface area contributed by atoms with Gasteiger partial charge in [-0.1, -0.05) is 13.8 Å². The van der Waals surface area contributed by atoms with Crippen molar-refractivity contribution in [3.63, 3.8) is 0 Å². The molecule has 0 radical (unpaired) electrons. The number of carbonyl (C=O) groups is 2. The Labute approximate surface area is 178 Å². The number of hydrogen-bond acceptors (Lipinski definition) is 5. The fourth-order valence-electron chi connectivity index (χ4n) is 3.45. The molecule has 2 N–H and O–H groups in total. The van der Waals surface area contributed by atoms with Crippen LogP contribution in [0.2, 0.25) is 0 Å². The first-order chi connectivity index (χ1) is 14.4. The van der Waals surface area contributed by atoms with Gasteiger partial charge in [0.2, 0.25) is 11.8 Å². The third-order valence-corrected chi connectivity index (χ3v) is 5.24. The number of nitrogens with zero attached hydrogens (tertiary/aromatic N) is 2. The SMILES string of the molecule is Cc1cc(N2CCOCC2)nc2ccc(NC(=O)CCC(=O)NCCC(C)C)cc12. The summed E-state index contributed by atoms with van der Waals surface area (Å²) in [6.07, 6.45) is 1.30. The molecule has 1 aromatic carbocycles. The van der Waals surface area contributed by atoms with Crippen LogP contribution in [0.3, 0.4) is 0 Å². The van der Waals surface area contributed by atoms with Gasteiger partial charge in [-0.3, -0.25) is 9.59 Å². The molecule has 1 fully saturated rings. The number of benzene rings is 1. The topological polar surface area (TPSA) is 83.6 Å². The average Bonchev–Trinajstić information content (AvgIpc) is 2.73. The Bertz CT molecular complexity index is 891. The zero-order chi connectivity index (χ0) is 21.5. The van der Waals surface area contributed by atoms with Crippen molar-refractivity contribution in [1.82, 2.24) is 10.3 Å². The molecule has 0 saturated carbocycles. The number of rotatable bonds is 8. The Hall–Kier alpha value is -2.67. The summed E-state index contributed by atoms with van der Waals surface area (Å²) >= 11 is 0. The van der Waals surface area contributed by atoms with Crippen molar-refractivity contribution < 1.29 is 14.3 Å². The maximum absolute atomic E-state index is 12.3. The fourth-order valence-corrected chi connectivity index (χ4v) is 3.45. The lowest BCUT2D eigenvalue weighted by Crippen LogP contribution is -2.36. The van der Waals surface area contributed by atoms with Crippen LogP contribution in [0.4, 0.5) is 11.5 Å². The predicted molar refractivity (Wildman–Crippen MR) is 120 cm³/mol. The lowest BCUT2D eigenvalue weighted by atomic mass is 10.1. The molecule has 1 aliphatic heterocycles. The van der Waals surface area contributed by atoms with Gasteiger partial charge in [-0.15, -0.1) is 0 Å². The van der Waals surface area contributed by atoms with E-state index in [1.54, 1.807) is 0 Å². The van der Waals surface area contributed by atoms with Gasteiger partial charge >= 0.3 is 0 Å². The molecule has 2 heterocycles. The number of ether oxygens (including phenoxy) is 1. The highest BCUT2D eigenvalue weighted by Gasteiger charge is 2.14. The van der Waals surface area contributed by atoms with Crippen molar-refractivity contribution in [3.8, 4) is 0 Å². The van der Waals surface area contributed by atoms with E-state index >= 15 is 0 Å². The first kappa shape index (κ1) is 22.0. The molecule has 7 heteroatoms. The van der Waals surface area contributed by atoms with E-state index in [0.717, 1.165) is 60.7 Å². The average molecular weight is 413 g/mol. The van der Waals surface area contributed by atoms with Crippen LogP contribution in [0.5, 0.6) is 0 Å². The number of fused-ring (bicyclic) bond motifs is 1. The number of pyridine rings is 1. The lowest BCUT2D eigenvalue weighted by molar-refractivity contribution is -0.124. The zero-order valence-electron chi connectivity index (χ0n) is 18.2.